The van der Waals surface area contributed by atoms with Crippen LogP contribution in [0, 0.1) is 113 Å². The van der Waals surface area contributed by atoms with Crippen LogP contribution in [-0.4, -0.2) is 0 Å². The summed E-state index contributed by atoms with van der Waals surface area (Å²) < 4.78 is 0. The van der Waals surface area contributed by atoms with Gasteiger partial charge in [-0.25, -0.2) is 0 Å². The van der Waals surface area contributed by atoms with Crippen molar-refractivity contribution in [3.05, 3.63) is 85.6 Å². The first-order valence-electron chi connectivity index (χ1n) is 13.6. The molecule has 0 atom stereocenters. The molecule has 2 aromatic rings. The minimum Gasteiger partial charge on any atom is -0.199 e. The molecule has 2 aromatic carbocycles. The molecule has 192 valence electrons. The molecule has 0 bridgehead atoms. The quantitative estimate of drug-likeness (QED) is 0.241. The van der Waals surface area contributed by atoms with Crippen LogP contribution < -0.4 is 0 Å². The predicted octanol–water partition coefficient (Wildman–Crippen LogP) is 10.1. The predicted molar refractivity (Wildman–Crippen MR) is 153 cm³/mol. The summed E-state index contributed by atoms with van der Waals surface area (Å²) in [5.41, 5.74) is 2.14. The van der Waals surface area contributed by atoms with Crippen molar-refractivity contribution < 1.29 is 39.9 Å². The summed E-state index contributed by atoms with van der Waals surface area (Å²) in [5.74, 6) is 9.35. The van der Waals surface area contributed by atoms with E-state index in [9.17, 15) is 0 Å². The molecule has 0 aromatic heterocycles. The molecule has 0 aliphatic heterocycles. The average molecular weight is 695 g/mol. The van der Waals surface area contributed by atoms with E-state index in [2.05, 4.69) is 83.1 Å². The van der Waals surface area contributed by atoms with E-state index in [1.807, 2.05) is 60.7 Å². The van der Waals surface area contributed by atoms with Crippen LogP contribution in [0.25, 0.3) is 0 Å². The van der Waals surface area contributed by atoms with Gasteiger partial charge in [0.05, 0.1) is 0 Å². The Morgan fingerprint density at radius 3 is 0.571 bits per heavy atom. The standard InChI is InChI=1S/2C10H20.2C7H7.Th/c2*1-6-7(2)9(4)10(5)8(6)3;2*1-7-5-3-2-4-6-7;/h2*6-10H,1-5H3;2*2-6H,1H2;/q;;2*-1;+4. The van der Waals surface area contributed by atoms with Gasteiger partial charge in [-0.15, -0.1) is 24.3 Å². The third-order valence-electron chi connectivity index (χ3n) is 9.98. The van der Waals surface area contributed by atoms with E-state index in [-0.39, 0.29) is 39.9 Å². The minimum absolute atomic E-state index is 0. The SMILES string of the molecule is CC1C(C)C(C)C(C)C1C.CC1C(C)C(C)C(C)C1C.[CH2-]c1ccccc1.[CH2-]c1ccccc1.[Th+4]. The van der Waals surface area contributed by atoms with Gasteiger partial charge >= 0.3 is 39.9 Å². The molecule has 0 radical (unpaired) electrons. The summed E-state index contributed by atoms with van der Waals surface area (Å²) in [7, 11) is 0. The molecule has 2 aliphatic rings. The van der Waals surface area contributed by atoms with Crippen LogP contribution in [0.2, 0.25) is 0 Å². The summed E-state index contributed by atoms with van der Waals surface area (Å²) in [4.78, 5) is 0. The largest absolute Gasteiger partial charge is 4.00 e. The number of hydrogen-bond acceptors (Lipinski definition) is 0. The second-order valence-corrected chi connectivity index (χ2v) is 11.6. The van der Waals surface area contributed by atoms with E-state index in [4.69, 9.17) is 0 Å². The second kappa shape index (κ2) is 17.1. The van der Waals surface area contributed by atoms with Crippen molar-refractivity contribution in [3.8, 4) is 0 Å². The fourth-order valence-electron chi connectivity index (χ4n) is 5.74. The molecule has 2 saturated carbocycles. The summed E-state index contributed by atoms with van der Waals surface area (Å²) in [6, 6.07) is 19.7. The monoisotopic (exact) mass is 694 g/mol. The Hall–Kier alpha value is -0.495. The van der Waals surface area contributed by atoms with Crippen LogP contribution in [0.1, 0.15) is 80.4 Å². The van der Waals surface area contributed by atoms with Gasteiger partial charge in [0.1, 0.15) is 0 Å². The molecule has 0 unspecified atom stereocenters. The third kappa shape index (κ3) is 10.8. The van der Waals surface area contributed by atoms with Gasteiger partial charge < -0.3 is 0 Å². The first kappa shape index (κ1) is 34.5. The molecular formula is C34H54Th+2. The van der Waals surface area contributed by atoms with Gasteiger partial charge in [0, 0.05) is 0 Å². The van der Waals surface area contributed by atoms with Crippen LogP contribution in [0.4, 0.5) is 0 Å². The van der Waals surface area contributed by atoms with Crippen LogP contribution in [0.3, 0.4) is 0 Å². The molecule has 0 N–H and O–H groups in total. The van der Waals surface area contributed by atoms with Crippen molar-refractivity contribution in [2.75, 3.05) is 0 Å². The van der Waals surface area contributed by atoms with Crippen molar-refractivity contribution in [3.63, 3.8) is 0 Å². The van der Waals surface area contributed by atoms with Crippen LogP contribution in [0.15, 0.2) is 60.7 Å². The van der Waals surface area contributed by atoms with Crippen molar-refractivity contribution in [2.24, 2.45) is 59.2 Å². The van der Waals surface area contributed by atoms with Crippen molar-refractivity contribution in [1.29, 1.82) is 0 Å². The normalized spacial score (nSPS) is 35.1. The molecule has 2 fully saturated rings. The van der Waals surface area contributed by atoms with Crippen molar-refractivity contribution in [2.45, 2.75) is 69.2 Å². The van der Waals surface area contributed by atoms with Gasteiger partial charge in [0.15, 0.2) is 0 Å². The topological polar surface area (TPSA) is 0 Å². The van der Waals surface area contributed by atoms with E-state index in [0.29, 0.717) is 0 Å². The van der Waals surface area contributed by atoms with Gasteiger partial charge in [0.25, 0.3) is 0 Å². The van der Waals surface area contributed by atoms with Gasteiger partial charge in [-0.1, -0.05) is 81.4 Å². The molecule has 0 heterocycles. The fourth-order valence-corrected chi connectivity index (χ4v) is 5.74. The first-order chi connectivity index (χ1) is 15.9. The smallest absolute Gasteiger partial charge is 0.199 e. The van der Waals surface area contributed by atoms with E-state index in [0.717, 1.165) is 70.3 Å². The Balaban J connectivity index is 0.000000442. The van der Waals surface area contributed by atoms with Crippen LogP contribution in [0.5, 0.6) is 0 Å². The average Bonchev–Trinajstić information content (AvgIpc) is 3.11. The summed E-state index contributed by atoms with van der Waals surface area (Å²) >= 11 is 0. The number of hydrogen-bond donors (Lipinski definition) is 0. The molecular weight excluding hydrogens is 640 g/mol. The third-order valence-corrected chi connectivity index (χ3v) is 9.98. The second-order valence-electron chi connectivity index (χ2n) is 11.6. The zero-order chi connectivity index (χ0) is 26.0. The zero-order valence-corrected chi connectivity index (χ0v) is 28.6. The van der Waals surface area contributed by atoms with Gasteiger partial charge in [-0.2, -0.15) is 49.2 Å². The number of benzene rings is 2. The summed E-state index contributed by atoms with van der Waals surface area (Å²) in [5, 5.41) is 0. The zero-order valence-electron chi connectivity index (χ0n) is 24.5. The maximum Gasteiger partial charge on any atom is 4.00 e. The van der Waals surface area contributed by atoms with Crippen LogP contribution >= 0.6 is 0 Å². The molecule has 0 amide bonds. The van der Waals surface area contributed by atoms with E-state index in [1.165, 1.54) is 0 Å². The maximum atomic E-state index is 3.72. The van der Waals surface area contributed by atoms with Crippen LogP contribution in [-0.2, 0) is 0 Å². The Bertz CT molecular complexity index is 613. The molecule has 0 nitrogen and oxygen atoms in total. The van der Waals surface area contributed by atoms with E-state index < -0.39 is 0 Å². The minimum atomic E-state index is 0. The summed E-state index contributed by atoms with van der Waals surface area (Å²) in [6.07, 6.45) is 0. The molecule has 4 rings (SSSR count). The van der Waals surface area contributed by atoms with E-state index >= 15 is 0 Å². The molecule has 0 saturated heterocycles. The Morgan fingerprint density at radius 2 is 0.486 bits per heavy atom. The van der Waals surface area contributed by atoms with Gasteiger partial charge in [0.2, 0.25) is 0 Å². The maximum absolute atomic E-state index is 3.72. The van der Waals surface area contributed by atoms with Gasteiger partial charge in [-0.3, -0.25) is 0 Å². The molecule has 2 aliphatic carbocycles. The Morgan fingerprint density at radius 1 is 0.343 bits per heavy atom. The van der Waals surface area contributed by atoms with Crippen molar-refractivity contribution in [1.82, 2.24) is 0 Å². The number of rotatable bonds is 0. The Labute approximate surface area is 252 Å². The van der Waals surface area contributed by atoms with E-state index in [1.54, 1.807) is 0 Å². The summed E-state index contributed by atoms with van der Waals surface area (Å²) in [6.45, 7) is 31.4. The first-order valence-corrected chi connectivity index (χ1v) is 13.6. The fraction of sp³-hybridized carbons (Fsp3) is 0.588. The molecule has 1 heteroatoms. The van der Waals surface area contributed by atoms with Crippen molar-refractivity contribution >= 4 is 0 Å². The molecule has 35 heavy (non-hydrogen) atoms. The molecule has 0 spiro atoms. The Kier molecular flexibility index (Phi) is 16.9. The van der Waals surface area contributed by atoms with Gasteiger partial charge in [-0.05, 0) is 59.2 Å².